The van der Waals surface area contributed by atoms with Gasteiger partial charge < -0.3 is 10.7 Å². The van der Waals surface area contributed by atoms with Gasteiger partial charge in [-0.3, -0.25) is 4.79 Å². The van der Waals surface area contributed by atoms with Crippen molar-refractivity contribution in [3.05, 3.63) is 35.0 Å². The van der Waals surface area contributed by atoms with Crippen LogP contribution in [-0.2, 0) is 0 Å². The van der Waals surface area contributed by atoms with Crippen molar-refractivity contribution in [1.82, 2.24) is 4.98 Å². The summed E-state index contributed by atoms with van der Waals surface area (Å²) in [4.78, 5) is 13.6. The Hall–Kier alpha value is -1.61. The summed E-state index contributed by atoms with van der Waals surface area (Å²) in [5.41, 5.74) is 8.67. The van der Waals surface area contributed by atoms with Gasteiger partial charge in [0.15, 0.2) is 6.29 Å². The highest BCUT2D eigenvalue weighted by atomic mass is 16.1. The predicted molar refractivity (Wildman–Crippen MR) is 63.3 cm³/mol. The molecule has 3 heteroatoms. The van der Waals surface area contributed by atoms with Gasteiger partial charge in [0.25, 0.3) is 0 Å². The predicted octanol–water partition coefficient (Wildman–Crippen LogP) is 2.17. The molecule has 0 atom stereocenters. The molecule has 0 unspecified atom stereocenters. The Morgan fingerprint density at radius 3 is 2.53 bits per heavy atom. The smallest absolute Gasteiger partial charge is 0.166 e. The van der Waals surface area contributed by atoms with Crippen LogP contribution in [0.3, 0.4) is 0 Å². The van der Waals surface area contributed by atoms with Gasteiger partial charge in [-0.15, -0.1) is 0 Å². The first-order valence-corrected chi connectivity index (χ1v) is 4.84. The third kappa shape index (κ3) is 2.07. The van der Waals surface area contributed by atoms with Gasteiger partial charge in [-0.1, -0.05) is 6.07 Å². The Balaban J connectivity index is 0.000000531. The third-order valence-electron chi connectivity index (χ3n) is 2.49. The molecule has 1 aromatic carbocycles. The highest BCUT2D eigenvalue weighted by Gasteiger charge is 2.03. The van der Waals surface area contributed by atoms with Crippen molar-refractivity contribution >= 4 is 17.2 Å². The van der Waals surface area contributed by atoms with Crippen molar-refractivity contribution in [2.75, 3.05) is 7.05 Å². The topological polar surface area (TPSA) is 58.9 Å². The second-order valence-electron chi connectivity index (χ2n) is 3.31. The Kier molecular flexibility index (Phi) is 3.63. The van der Waals surface area contributed by atoms with E-state index >= 15 is 0 Å². The number of H-pyrrole nitrogens is 1. The zero-order valence-electron chi connectivity index (χ0n) is 9.29. The minimum absolute atomic E-state index is 0.642. The van der Waals surface area contributed by atoms with Gasteiger partial charge in [0.2, 0.25) is 0 Å². The van der Waals surface area contributed by atoms with Crippen LogP contribution in [0.1, 0.15) is 21.6 Å². The molecule has 0 spiro atoms. The molecule has 0 saturated heterocycles. The second kappa shape index (κ2) is 4.75. The lowest BCUT2D eigenvalue weighted by atomic mass is 10.1. The average Bonchev–Trinajstić information content (AvgIpc) is 2.70. The molecular formula is C12H16N2O. The molecule has 3 nitrogen and oxygen atoms in total. The number of aromatic amines is 1. The number of hydrogen-bond donors (Lipinski definition) is 2. The minimum atomic E-state index is 0.642. The summed E-state index contributed by atoms with van der Waals surface area (Å²) >= 11 is 0. The molecule has 2 rings (SSSR count). The van der Waals surface area contributed by atoms with Crippen LogP contribution in [-0.4, -0.2) is 18.3 Å². The first-order valence-electron chi connectivity index (χ1n) is 4.84. The molecule has 0 radical (unpaired) electrons. The van der Waals surface area contributed by atoms with E-state index < -0.39 is 0 Å². The highest BCUT2D eigenvalue weighted by Crippen LogP contribution is 2.21. The first-order chi connectivity index (χ1) is 7.22. The van der Waals surface area contributed by atoms with E-state index in [-0.39, 0.29) is 0 Å². The number of nitrogens with two attached hydrogens (primary N) is 1. The summed E-state index contributed by atoms with van der Waals surface area (Å²) in [6, 6.07) is 5.96. The second-order valence-corrected chi connectivity index (χ2v) is 3.31. The molecule has 80 valence electrons. The lowest BCUT2D eigenvalue weighted by Crippen LogP contribution is -1.79. The fraction of sp³-hybridized carbons (Fsp3) is 0.250. The van der Waals surface area contributed by atoms with Gasteiger partial charge in [-0.2, -0.15) is 0 Å². The van der Waals surface area contributed by atoms with Crippen LogP contribution < -0.4 is 5.73 Å². The summed E-state index contributed by atoms with van der Waals surface area (Å²) in [5.74, 6) is 0. The number of benzene rings is 1. The van der Waals surface area contributed by atoms with Crippen molar-refractivity contribution in [2.45, 2.75) is 13.8 Å². The molecule has 15 heavy (non-hydrogen) atoms. The molecular weight excluding hydrogens is 188 g/mol. The molecule has 0 aliphatic heterocycles. The van der Waals surface area contributed by atoms with E-state index in [1.54, 1.807) is 0 Å². The summed E-state index contributed by atoms with van der Waals surface area (Å²) in [7, 11) is 1.50. The molecule has 0 amide bonds. The molecule has 0 aliphatic carbocycles. The van der Waals surface area contributed by atoms with E-state index in [0.29, 0.717) is 5.69 Å². The summed E-state index contributed by atoms with van der Waals surface area (Å²) in [5, 5.41) is 1.14. The standard InChI is InChI=1S/C11H11NO.CH5N/c1-7-3-4-11-10(8(7)2)5-9(6-13)12-11;1-2/h3-6,12H,1-2H3;2H2,1H3. The number of hydrogen-bond acceptors (Lipinski definition) is 2. The van der Waals surface area contributed by atoms with E-state index in [1.165, 1.54) is 18.2 Å². The van der Waals surface area contributed by atoms with Crippen LogP contribution in [0, 0.1) is 13.8 Å². The van der Waals surface area contributed by atoms with Gasteiger partial charge in [0.05, 0.1) is 5.69 Å². The van der Waals surface area contributed by atoms with E-state index in [0.717, 1.165) is 17.2 Å². The van der Waals surface area contributed by atoms with E-state index in [2.05, 4.69) is 30.6 Å². The number of rotatable bonds is 1. The number of aldehydes is 1. The monoisotopic (exact) mass is 204 g/mol. The Morgan fingerprint density at radius 2 is 1.93 bits per heavy atom. The zero-order chi connectivity index (χ0) is 11.4. The molecule has 0 saturated carbocycles. The molecule has 2 aromatic rings. The molecule has 0 bridgehead atoms. The van der Waals surface area contributed by atoms with Crippen LogP contribution in [0.5, 0.6) is 0 Å². The van der Waals surface area contributed by atoms with Gasteiger partial charge in [0.1, 0.15) is 0 Å². The van der Waals surface area contributed by atoms with Crippen molar-refractivity contribution in [3.8, 4) is 0 Å². The highest BCUT2D eigenvalue weighted by molar-refractivity contribution is 5.90. The van der Waals surface area contributed by atoms with Crippen LogP contribution >= 0.6 is 0 Å². The molecule has 1 heterocycles. The average molecular weight is 204 g/mol. The van der Waals surface area contributed by atoms with Crippen LogP contribution in [0.4, 0.5) is 0 Å². The minimum Gasteiger partial charge on any atom is -0.352 e. The van der Waals surface area contributed by atoms with Crippen molar-refractivity contribution in [2.24, 2.45) is 5.73 Å². The van der Waals surface area contributed by atoms with Gasteiger partial charge >= 0.3 is 0 Å². The largest absolute Gasteiger partial charge is 0.352 e. The van der Waals surface area contributed by atoms with Crippen LogP contribution in [0.2, 0.25) is 0 Å². The van der Waals surface area contributed by atoms with Crippen molar-refractivity contribution < 1.29 is 4.79 Å². The first kappa shape index (κ1) is 11.5. The van der Waals surface area contributed by atoms with Gasteiger partial charge in [0, 0.05) is 10.9 Å². The lowest BCUT2D eigenvalue weighted by Gasteiger charge is -1.99. The maximum atomic E-state index is 10.5. The molecule has 0 fully saturated rings. The number of fused-ring (bicyclic) bond motifs is 1. The lowest BCUT2D eigenvalue weighted by molar-refractivity contribution is 0.112. The molecule has 1 aromatic heterocycles. The van der Waals surface area contributed by atoms with Crippen LogP contribution in [0.25, 0.3) is 10.9 Å². The normalized spacial score (nSPS) is 9.60. The van der Waals surface area contributed by atoms with E-state index in [4.69, 9.17) is 0 Å². The SMILES string of the molecule is CN.Cc1ccc2[nH]c(C=O)cc2c1C. The number of carbonyl (C=O) groups excluding carboxylic acids is 1. The van der Waals surface area contributed by atoms with Gasteiger partial charge in [-0.25, -0.2) is 0 Å². The van der Waals surface area contributed by atoms with E-state index in [1.807, 2.05) is 12.1 Å². The Morgan fingerprint density at radius 1 is 1.27 bits per heavy atom. The molecule has 3 N–H and O–H groups in total. The van der Waals surface area contributed by atoms with E-state index in [9.17, 15) is 4.79 Å². The summed E-state index contributed by atoms with van der Waals surface area (Å²) < 4.78 is 0. The fourth-order valence-electron chi connectivity index (χ4n) is 1.54. The Bertz CT molecular complexity index is 472. The van der Waals surface area contributed by atoms with Crippen LogP contribution in [0.15, 0.2) is 18.2 Å². The quantitative estimate of drug-likeness (QED) is 0.699. The summed E-state index contributed by atoms with van der Waals surface area (Å²) in [6.07, 6.45) is 0.842. The maximum absolute atomic E-state index is 10.5. The van der Waals surface area contributed by atoms with Gasteiger partial charge in [-0.05, 0) is 44.2 Å². The Labute approximate surface area is 89.3 Å². The van der Waals surface area contributed by atoms with Crippen molar-refractivity contribution in [3.63, 3.8) is 0 Å². The number of aryl methyl sites for hydroxylation is 2. The number of carbonyl (C=O) groups is 1. The van der Waals surface area contributed by atoms with Crippen molar-refractivity contribution in [1.29, 1.82) is 0 Å². The molecule has 0 aliphatic rings. The maximum Gasteiger partial charge on any atom is 0.166 e. The summed E-state index contributed by atoms with van der Waals surface area (Å²) in [6.45, 7) is 4.14. The zero-order valence-corrected chi connectivity index (χ0v) is 9.29. The third-order valence-corrected chi connectivity index (χ3v) is 2.49. The fourth-order valence-corrected chi connectivity index (χ4v) is 1.54. The number of aromatic nitrogens is 1. The number of nitrogens with one attached hydrogen (secondary N) is 1.